The first-order valence-electron chi connectivity index (χ1n) is 6.26. The Balaban J connectivity index is 1.52. The Morgan fingerprint density at radius 1 is 1.42 bits per heavy atom. The molecule has 1 aliphatic carbocycles. The molecule has 0 saturated heterocycles. The zero-order valence-electron chi connectivity index (χ0n) is 10.3. The van der Waals surface area contributed by atoms with Crippen molar-refractivity contribution < 1.29 is 4.79 Å². The first kappa shape index (κ1) is 12.4. The van der Waals surface area contributed by atoms with Gasteiger partial charge in [0.1, 0.15) is 0 Å². The van der Waals surface area contributed by atoms with Gasteiger partial charge in [-0.15, -0.1) is 5.10 Å². The molecule has 2 N–H and O–H groups in total. The summed E-state index contributed by atoms with van der Waals surface area (Å²) in [5, 5.41) is 10.3. The molecule has 0 spiro atoms. The summed E-state index contributed by atoms with van der Waals surface area (Å²) >= 11 is 3.38. The van der Waals surface area contributed by atoms with Gasteiger partial charge in [0.25, 0.3) is 0 Å². The second-order valence-corrected chi connectivity index (χ2v) is 5.49. The van der Waals surface area contributed by atoms with Gasteiger partial charge < -0.3 is 10.6 Å². The van der Waals surface area contributed by atoms with Crippen LogP contribution in [-0.4, -0.2) is 33.6 Å². The molecular weight excluding hydrogens is 310 g/mol. The van der Waals surface area contributed by atoms with Gasteiger partial charge in [-0.3, -0.25) is 4.79 Å². The second kappa shape index (κ2) is 5.16. The van der Waals surface area contributed by atoms with Gasteiger partial charge in [0.2, 0.25) is 11.9 Å². The van der Waals surface area contributed by atoms with Gasteiger partial charge >= 0.3 is 0 Å². The summed E-state index contributed by atoms with van der Waals surface area (Å²) in [5.74, 6) is 0.984. The molecule has 1 fully saturated rings. The average molecular weight is 324 g/mol. The van der Waals surface area contributed by atoms with E-state index in [0.29, 0.717) is 19.0 Å². The summed E-state index contributed by atoms with van der Waals surface area (Å²) in [6, 6.07) is 3.81. The number of amides is 1. The Kier molecular flexibility index (Phi) is 3.37. The highest BCUT2D eigenvalue weighted by molar-refractivity contribution is 9.10. The topological polar surface area (TPSA) is 71.3 Å². The number of fused-ring (bicyclic) bond motifs is 1. The molecule has 19 heavy (non-hydrogen) atoms. The smallest absolute Gasteiger partial charge is 0.243 e. The standard InChI is InChI=1S/C12H14BrN5O/c13-9-3-4-10-16-12(17-18(10)7-9)15-6-5-14-11(19)8-1-2-8/h3-4,7-8H,1-2,5-6H2,(H,14,19)(H,15,17). The van der Waals surface area contributed by atoms with Crippen LogP contribution >= 0.6 is 15.9 Å². The van der Waals surface area contributed by atoms with Gasteiger partial charge in [-0.1, -0.05) is 0 Å². The summed E-state index contributed by atoms with van der Waals surface area (Å²) in [6.45, 7) is 1.21. The molecule has 2 aromatic rings. The number of hydrogen-bond acceptors (Lipinski definition) is 4. The van der Waals surface area contributed by atoms with Gasteiger partial charge in [-0.05, 0) is 40.9 Å². The maximum atomic E-state index is 11.4. The van der Waals surface area contributed by atoms with E-state index in [1.807, 2.05) is 18.3 Å². The molecule has 0 bridgehead atoms. The number of carbonyl (C=O) groups is 1. The SMILES string of the molecule is O=C(NCCNc1nc2ccc(Br)cn2n1)C1CC1. The summed E-state index contributed by atoms with van der Waals surface area (Å²) in [5.41, 5.74) is 0.785. The Morgan fingerprint density at radius 3 is 3.05 bits per heavy atom. The van der Waals surface area contributed by atoms with E-state index in [0.717, 1.165) is 23.0 Å². The van der Waals surface area contributed by atoms with Crippen LogP contribution in [0.2, 0.25) is 0 Å². The van der Waals surface area contributed by atoms with Crippen LogP contribution in [0.3, 0.4) is 0 Å². The van der Waals surface area contributed by atoms with Crippen molar-refractivity contribution in [1.29, 1.82) is 0 Å². The predicted molar refractivity (Wildman–Crippen MR) is 74.9 cm³/mol. The minimum absolute atomic E-state index is 0.161. The molecule has 0 unspecified atom stereocenters. The van der Waals surface area contributed by atoms with Crippen molar-refractivity contribution in [2.24, 2.45) is 5.92 Å². The quantitative estimate of drug-likeness (QED) is 0.816. The highest BCUT2D eigenvalue weighted by Crippen LogP contribution is 2.28. The van der Waals surface area contributed by atoms with Crippen molar-refractivity contribution in [1.82, 2.24) is 19.9 Å². The van der Waals surface area contributed by atoms with E-state index in [1.54, 1.807) is 4.52 Å². The zero-order chi connectivity index (χ0) is 13.2. The van der Waals surface area contributed by atoms with Crippen molar-refractivity contribution in [2.75, 3.05) is 18.4 Å². The van der Waals surface area contributed by atoms with Crippen LogP contribution in [0.1, 0.15) is 12.8 Å². The molecule has 6 nitrogen and oxygen atoms in total. The largest absolute Gasteiger partial charge is 0.354 e. The van der Waals surface area contributed by atoms with Crippen LogP contribution in [0, 0.1) is 5.92 Å². The molecule has 0 aliphatic heterocycles. The minimum atomic E-state index is 0.161. The third-order valence-corrected chi connectivity index (χ3v) is 3.42. The van der Waals surface area contributed by atoms with Crippen LogP contribution < -0.4 is 10.6 Å². The first-order chi connectivity index (χ1) is 9.22. The van der Waals surface area contributed by atoms with Crippen LogP contribution in [0.15, 0.2) is 22.8 Å². The molecule has 1 aliphatic rings. The highest BCUT2D eigenvalue weighted by Gasteiger charge is 2.28. The monoisotopic (exact) mass is 323 g/mol. The number of hydrogen-bond donors (Lipinski definition) is 2. The fourth-order valence-electron chi connectivity index (χ4n) is 1.78. The van der Waals surface area contributed by atoms with E-state index in [9.17, 15) is 4.79 Å². The number of pyridine rings is 1. The lowest BCUT2D eigenvalue weighted by Gasteiger charge is -2.03. The number of rotatable bonds is 5. The molecule has 0 radical (unpaired) electrons. The predicted octanol–water partition coefficient (Wildman–Crippen LogP) is 1.43. The molecule has 0 aromatic carbocycles. The summed E-state index contributed by atoms with van der Waals surface area (Å²) in [7, 11) is 0. The lowest BCUT2D eigenvalue weighted by atomic mass is 10.4. The Labute approximate surface area is 118 Å². The van der Waals surface area contributed by atoms with Gasteiger partial charge in [0.05, 0.1) is 0 Å². The molecule has 3 rings (SSSR count). The number of nitrogens with one attached hydrogen (secondary N) is 2. The number of nitrogens with zero attached hydrogens (tertiary/aromatic N) is 3. The van der Waals surface area contributed by atoms with Crippen molar-refractivity contribution in [3.05, 3.63) is 22.8 Å². The summed E-state index contributed by atoms with van der Waals surface area (Å²) in [4.78, 5) is 15.7. The van der Waals surface area contributed by atoms with Gasteiger partial charge in [-0.25, -0.2) is 4.52 Å². The molecule has 2 aromatic heterocycles. The lowest BCUT2D eigenvalue weighted by molar-refractivity contribution is -0.122. The van der Waals surface area contributed by atoms with Crippen molar-refractivity contribution >= 4 is 33.4 Å². The molecule has 100 valence electrons. The van der Waals surface area contributed by atoms with Crippen LogP contribution in [0.4, 0.5) is 5.95 Å². The molecular formula is C12H14BrN5O. The first-order valence-corrected chi connectivity index (χ1v) is 7.05. The third kappa shape index (κ3) is 3.04. The van der Waals surface area contributed by atoms with E-state index >= 15 is 0 Å². The number of anilines is 1. The lowest BCUT2D eigenvalue weighted by Crippen LogP contribution is -2.29. The van der Waals surface area contributed by atoms with Crippen molar-refractivity contribution in [3.8, 4) is 0 Å². The molecule has 0 atom stereocenters. The second-order valence-electron chi connectivity index (χ2n) is 4.58. The van der Waals surface area contributed by atoms with Crippen LogP contribution in [0.25, 0.3) is 5.65 Å². The van der Waals surface area contributed by atoms with E-state index < -0.39 is 0 Å². The van der Waals surface area contributed by atoms with Gasteiger partial charge in [0.15, 0.2) is 5.65 Å². The van der Waals surface area contributed by atoms with Crippen LogP contribution in [-0.2, 0) is 4.79 Å². The maximum Gasteiger partial charge on any atom is 0.243 e. The number of carbonyl (C=O) groups excluding carboxylic acids is 1. The summed E-state index contributed by atoms with van der Waals surface area (Å²) in [6.07, 6.45) is 3.91. The summed E-state index contributed by atoms with van der Waals surface area (Å²) < 4.78 is 2.66. The van der Waals surface area contributed by atoms with Gasteiger partial charge in [0, 0.05) is 29.7 Å². The molecule has 1 amide bonds. The minimum Gasteiger partial charge on any atom is -0.354 e. The molecule has 2 heterocycles. The van der Waals surface area contributed by atoms with E-state index in [-0.39, 0.29) is 11.8 Å². The van der Waals surface area contributed by atoms with E-state index in [2.05, 4.69) is 36.6 Å². The van der Waals surface area contributed by atoms with Gasteiger partial charge in [-0.2, -0.15) is 4.98 Å². The average Bonchev–Trinajstić information content (AvgIpc) is 3.16. The van der Waals surface area contributed by atoms with Crippen molar-refractivity contribution in [3.63, 3.8) is 0 Å². The fraction of sp³-hybridized carbons (Fsp3) is 0.417. The fourth-order valence-corrected chi connectivity index (χ4v) is 2.11. The van der Waals surface area contributed by atoms with Crippen LogP contribution in [0.5, 0.6) is 0 Å². The van der Waals surface area contributed by atoms with E-state index in [1.165, 1.54) is 0 Å². The Morgan fingerprint density at radius 2 is 2.26 bits per heavy atom. The number of halogens is 1. The third-order valence-electron chi connectivity index (χ3n) is 2.95. The number of aromatic nitrogens is 3. The normalized spacial score (nSPS) is 14.6. The Bertz CT molecular complexity index is 607. The highest BCUT2D eigenvalue weighted by atomic mass is 79.9. The maximum absolute atomic E-state index is 11.4. The molecule has 7 heteroatoms. The zero-order valence-corrected chi connectivity index (χ0v) is 11.9. The Hall–Kier alpha value is -1.63. The molecule has 1 saturated carbocycles. The van der Waals surface area contributed by atoms with Crippen molar-refractivity contribution in [2.45, 2.75) is 12.8 Å². The van der Waals surface area contributed by atoms with E-state index in [4.69, 9.17) is 0 Å².